The minimum Gasteiger partial charge on any atom is -0.384 e. The van der Waals surface area contributed by atoms with Gasteiger partial charge in [0.2, 0.25) is 0 Å². The molecule has 0 unspecified atom stereocenters. The third kappa shape index (κ3) is 4.28. The molecule has 0 aromatic carbocycles. The lowest BCUT2D eigenvalue weighted by Gasteiger charge is -2.29. The zero-order valence-corrected chi connectivity index (χ0v) is 20.0. The second-order valence-electron chi connectivity index (χ2n) is 9.50. The van der Waals surface area contributed by atoms with E-state index in [9.17, 15) is 14.7 Å². The first-order valence-electron chi connectivity index (χ1n) is 11.4. The molecule has 0 spiro atoms. The summed E-state index contributed by atoms with van der Waals surface area (Å²) in [4.78, 5) is 34.2. The number of pyridine rings is 2. The highest BCUT2D eigenvalue weighted by Gasteiger charge is 2.30. The number of amides is 2. The number of aromatic nitrogens is 5. The fourth-order valence-electron chi connectivity index (χ4n) is 4.21. The third-order valence-electron chi connectivity index (χ3n) is 6.33. The van der Waals surface area contributed by atoms with E-state index in [4.69, 9.17) is 0 Å². The van der Waals surface area contributed by atoms with E-state index in [-0.39, 0.29) is 29.6 Å². The molecule has 1 aliphatic heterocycles. The molecule has 0 saturated heterocycles. The van der Waals surface area contributed by atoms with Crippen molar-refractivity contribution < 1.29 is 14.7 Å². The van der Waals surface area contributed by atoms with Crippen LogP contribution in [-0.2, 0) is 12.1 Å². The van der Waals surface area contributed by atoms with Gasteiger partial charge in [0, 0.05) is 23.8 Å². The first kappa shape index (κ1) is 22.7. The van der Waals surface area contributed by atoms with Crippen LogP contribution in [0.15, 0.2) is 48.9 Å². The standard InChI is InChI=1S/C25H27N7O3/c1-14-15(2)32-20(24(34)28-14)9-17-6-7-19(30-22(17)32)23(33)29-18-11-27-31(13-18)12-16-5-8-21(26-10-16)25(3,4)35/h5-11,13-15,35H,12H2,1-4H3,(H,28,34)(H,29,33)/t14-,15+/m0/s1. The summed E-state index contributed by atoms with van der Waals surface area (Å²) in [5.74, 6) is -0.504. The highest BCUT2D eigenvalue weighted by Crippen LogP contribution is 2.28. The minimum absolute atomic E-state index is 0.0104. The maximum atomic E-state index is 12.9. The topological polar surface area (TPSA) is 127 Å². The van der Waals surface area contributed by atoms with Gasteiger partial charge in [-0.1, -0.05) is 6.07 Å². The fraction of sp³-hybridized carbons (Fsp3) is 0.320. The van der Waals surface area contributed by atoms with Crippen LogP contribution in [0.1, 0.15) is 66.0 Å². The summed E-state index contributed by atoms with van der Waals surface area (Å²) in [6, 6.07) is 8.90. The van der Waals surface area contributed by atoms with Crippen molar-refractivity contribution in [3.63, 3.8) is 0 Å². The Morgan fingerprint density at radius 1 is 1.20 bits per heavy atom. The molecular formula is C25H27N7O3. The van der Waals surface area contributed by atoms with Crippen molar-refractivity contribution in [1.29, 1.82) is 0 Å². The Morgan fingerprint density at radius 3 is 2.71 bits per heavy atom. The third-order valence-corrected chi connectivity index (χ3v) is 6.33. The molecule has 10 nitrogen and oxygen atoms in total. The van der Waals surface area contributed by atoms with Crippen molar-refractivity contribution in [3.8, 4) is 0 Å². The Bertz CT molecular complexity index is 1430. The Kier molecular flexibility index (Phi) is 5.40. The van der Waals surface area contributed by atoms with Crippen molar-refractivity contribution >= 4 is 28.5 Å². The van der Waals surface area contributed by atoms with Crippen LogP contribution < -0.4 is 10.6 Å². The van der Waals surface area contributed by atoms with E-state index in [0.717, 1.165) is 10.9 Å². The Balaban J connectivity index is 1.32. The zero-order chi connectivity index (χ0) is 24.9. The van der Waals surface area contributed by atoms with Crippen molar-refractivity contribution in [1.82, 2.24) is 29.6 Å². The van der Waals surface area contributed by atoms with Gasteiger partial charge in [0.1, 0.15) is 22.6 Å². The highest BCUT2D eigenvalue weighted by molar-refractivity contribution is 6.05. The van der Waals surface area contributed by atoms with E-state index in [1.807, 2.05) is 24.5 Å². The Hall–Kier alpha value is -4.05. The molecular weight excluding hydrogens is 446 g/mol. The van der Waals surface area contributed by atoms with Gasteiger partial charge in [0.05, 0.1) is 30.2 Å². The van der Waals surface area contributed by atoms with E-state index >= 15 is 0 Å². The highest BCUT2D eigenvalue weighted by atomic mass is 16.3. The number of anilines is 1. The van der Waals surface area contributed by atoms with Crippen molar-refractivity contribution in [2.24, 2.45) is 0 Å². The average Bonchev–Trinajstić information content (AvgIpc) is 3.41. The average molecular weight is 474 g/mol. The lowest BCUT2D eigenvalue weighted by molar-refractivity contribution is 0.0738. The van der Waals surface area contributed by atoms with Crippen LogP contribution in [0.5, 0.6) is 0 Å². The minimum atomic E-state index is -0.998. The quantitative estimate of drug-likeness (QED) is 0.409. The van der Waals surface area contributed by atoms with Gasteiger partial charge in [-0.25, -0.2) is 4.98 Å². The summed E-state index contributed by atoms with van der Waals surface area (Å²) in [6.45, 7) is 7.81. The predicted molar refractivity (Wildman–Crippen MR) is 130 cm³/mol. The summed E-state index contributed by atoms with van der Waals surface area (Å²) < 4.78 is 3.59. The van der Waals surface area contributed by atoms with Crippen LogP contribution in [0, 0.1) is 0 Å². The monoisotopic (exact) mass is 473 g/mol. The summed E-state index contributed by atoms with van der Waals surface area (Å²) >= 11 is 0. The molecule has 0 aliphatic carbocycles. The number of carbonyl (C=O) groups is 2. The van der Waals surface area contributed by atoms with Gasteiger partial charge in [-0.15, -0.1) is 0 Å². The number of nitrogens with one attached hydrogen (secondary N) is 2. The largest absolute Gasteiger partial charge is 0.384 e. The Labute approximate surface area is 202 Å². The van der Waals surface area contributed by atoms with E-state index in [1.165, 1.54) is 0 Å². The lowest BCUT2D eigenvalue weighted by Crippen LogP contribution is -2.44. The van der Waals surface area contributed by atoms with Gasteiger partial charge in [0.25, 0.3) is 11.8 Å². The second-order valence-corrected chi connectivity index (χ2v) is 9.50. The van der Waals surface area contributed by atoms with Gasteiger partial charge in [-0.05, 0) is 57.5 Å². The lowest BCUT2D eigenvalue weighted by atomic mass is 10.0. The van der Waals surface area contributed by atoms with Gasteiger partial charge >= 0.3 is 0 Å². The van der Waals surface area contributed by atoms with E-state index < -0.39 is 5.60 Å². The molecule has 5 rings (SSSR count). The van der Waals surface area contributed by atoms with Gasteiger partial charge in [0.15, 0.2) is 0 Å². The van der Waals surface area contributed by atoms with Crippen molar-refractivity contribution in [3.05, 3.63) is 71.6 Å². The number of hydrogen-bond acceptors (Lipinski definition) is 6. The second kappa shape index (κ2) is 8.31. The van der Waals surface area contributed by atoms with E-state index in [2.05, 4.69) is 25.7 Å². The summed E-state index contributed by atoms with van der Waals surface area (Å²) in [7, 11) is 0. The molecule has 10 heteroatoms. The van der Waals surface area contributed by atoms with Crippen LogP contribution in [0.4, 0.5) is 5.69 Å². The summed E-state index contributed by atoms with van der Waals surface area (Å²) in [5.41, 5.74) is 2.45. The van der Waals surface area contributed by atoms with Gasteiger partial charge in [-0.2, -0.15) is 5.10 Å². The number of fused-ring (bicyclic) bond motifs is 3. The Morgan fingerprint density at radius 2 is 2.00 bits per heavy atom. The number of aliphatic hydroxyl groups is 1. The SMILES string of the molecule is C[C@@H]1NC(=O)c2cc3ccc(C(=O)Nc4cnn(Cc5ccc(C(C)(C)O)nc5)c4)nc3n2[C@@H]1C. The molecule has 2 amide bonds. The maximum absolute atomic E-state index is 12.9. The molecule has 5 heterocycles. The first-order valence-corrected chi connectivity index (χ1v) is 11.4. The molecule has 0 radical (unpaired) electrons. The van der Waals surface area contributed by atoms with Crippen LogP contribution in [-0.4, -0.2) is 47.3 Å². The summed E-state index contributed by atoms with van der Waals surface area (Å²) in [6.07, 6.45) is 5.00. The smallest absolute Gasteiger partial charge is 0.274 e. The first-order chi connectivity index (χ1) is 16.6. The van der Waals surface area contributed by atoms with E-state index in [1.54, 1.807) is 61.4 Å². The molecule has 2 atom stereocenters. The molecule has 1 aliphatic rings. The fourth-order valence-corrected chi connectivity index (χ4v) is 4.21. The van der Waals surface area contributed by atoms with E-state index in [0.29, 0.717) is 29.3 Å². The van der Waals surface area contributed by atoms with Gasteiger partial charge in [-0.3, -0.25) is 19.3 Å². The predicted octanol–water partition coefficient (Wildman–Crippen LogP) is 2.85. The number of nitrogens with zero attached hydrogens (tertiary/aromatic N) is 5. The maximum Gasteiger partial charge on any atom is 0.274 e. The number of carbonyl (C=O) groups excluding carboxylic acids is 2. The normalized spacial score (nSPS) is 17.8. The molecule has 0 fully saturated rings. The number of rotatable bonds is 5. The molecule has 0 bridgehead atoms. The molecule has 180 valence electrons. The zero-order valence-electron chi connectivity index (χ0n) is 20.0. The molecule has 0 saturated carbocycles. The van der Waals surface area contributed by atoms with Crippen LogP contribution in [0.2, 0.25) is 0 Å². The van der Waals surface area contributed by atoms with Crippen LogP contribution in [0.3, 0.4) is 0 Å². The molecule has 4 aromatic rings. The number of hydrogen-bond donors (Lipinski definition) is 3. The van der Waals surface area contributed by atoms with Crippen molar-refractivity contribution in [2.75, 3.05) is 5.32 Å². The summed E-state index contributed by atoms with van der Waals surface area (Å²) in [5, 5.41) is 21.0. The van der Waals surface area contributed by atoms with Crippen LogP contribution >= 0.6 is 0 Å². The molecule has 3 N–H and O–H groups in total. The molecule has 35 heavy (non-hydrogen) atoms. The van der Waals surface area contributed by atoms with Gasteiger partial charge < -0.3 is 20.3 Å². The van der Waals surface area contributed by atoms with Crippen molar-refractivity contribution in [2.45, 2.75) is 51.9 Å². The molecule has 4 aromatic heterocycles. The van der Waals surface area contributed by atoms with Crippen LogP contribution in [0.25, 0.3) is 11.0 Å².